The second-order valence-corrected chi connectivity index (χ2v) is 8.79. The summed E-state index contributed by atoms with van der Waals surface area (Å²) in [5, 5.41) is 13.5. The molecule has 0 aromatic carbocycles. The van der Waals surface area contributed by atoms with Crippen LogP contribution in [-0.2, 0) is 19.6 Å². The predicted octanol–water partition coefficient (Wildman–Crippen LogP) is 1.66. The summed E-state index contributed by atoms with van der Waals surface area (Å²) in [6.45, 7) is 0.00279. The number of amides is 1. The lowest BCUT2D eigenvalue weighted by atomic mass is 10.2. The Kier molecular flexibility index (Phi) is 5.65. The first-order valence-electron chi connectivity index (χ1n) is 7.71. The van der Waals surface area contributed by atoms with Crippen LogP contribution in [0.3, 0.4) is 0 Å². The van der Waals surface area contributed by atoms with Gasteiger partial charge < -0.3 is 9.52 Å². The van der Waals surface area contributed by atoms with E-state index < -0.39 is 16.0 Å². The summed E-state index contributed by atoms with van der Waals surface area (Å²) < 4.78 is 28.4. The van der Waals surface area contributed by atoms with Crippen molar-refractivity contribution in [3.63, 3.8) is 0 Å². The number of carbonyl (C=O) groups is 2. The van der Waals surface area contributed by atoms with Gasteiger partial charge in [-0.25, -0.2) is 18.5 Å². The quantitative estimate of drug-likeness (QED) is 0.507. The molecule has 9 nitrogen and oxygen atoms in total. The number of nitrogens with two attached hydrogens (primary N) is 1. The van der Waals surface area contributed by atoms with Crippen molar-refractivity contribution < 1.29 is 27.5 Å². The van der Waals surface area contributed by atoms with Gasteiger partial charge in [0.2, 0.25) is 0 Å². The van der Waals surface area contributed by atoms with E-state index in [4.69, 9.17) is 26.9 Å². The van der Waals surface area contributed by atoms with Crippen LogP contribution in [0.25, 0.3) is 17.4 Å². The van der Waals surface area contributed by atoms with Crippen LogP contribution in [-0.4, -0.2) is 46.1 Å². The van der Waals surface area contributed by atoms with Gasteiger partial charge in [0.05, 0.1) is 11.3 Å². The number of thiocarbonyl (C=S) groups is 1. The molecule has 0 spiro atoms. The topological polar surface area (TPSA) is 144 Å². The maximum Gasteiger partial charge on any atom is 0.305 e. The molecule has 3 N–H and O–H groups in total. The Hall–Kier alpha value is -2.54. The van der Waals surface area contributed by atoms with Crippen LogP contribution in [0, 0.1) is 0 Å². The van der Waals surface area contributed by atoms with Crippen molar-refractivity contribution in [2.45, 2.75) is 11.4 Å². The smallest absolute Gasteiger partial charge is 0.305 e. The SMILES string of the molecule is NS(=O)(=O)c1ccc(-c2ccc(C=C3SC(=S)N(CCC(=O)O)C3=O)o2)cn1. The lowest BCUT2D eigenvalue weighted by Crippen LogP contribution is -2.30. The molecule has 1 saturated heterocycles. The van der Waals surface area contributed by atoms with E-state index in [1.165, 1.54) is 29.3 Å². The first-order chi connectivity index (χ1) is 13.1. The number of primary sulfonamides is 1. The van der Waals surface area contributed by atoms with Crippen molar-refractivity contribution in [2.75, 3.05) is 6.54 Å². The summed E-state index contributed by atoms with van der Waals surface area (Å²) in [4.78, 5) is 28.4. The van der Waals surface area contributed by atoms with E-state index in [9.17, 15) is 18.0 Å². The Balaban J connectivity index is 1.78. The van der Waals surface area contributed by atoms with Gasteiger partial charge in [-0.2, -0.15) is 0 Å². The number of carboxylic acids is 1. The van der Waals surface area contributed by atoms with Crippen molar-refractivity contribution in [1.29, 1.82) is 0 Å². The summed E-state index contributed by atoms with van der Waals surface area (Å²) in [6.07, 6.45) is 2.62. The van der Waals surface area contributed by atoms with Gasteiger partial charge in [0.25, 0.3) is 15.9 Å². The third-order valence-corrected chi connectivity index (χ3v) is 5.84. The second kappa shape index (κ2) is 7.83. The number of carbonyl (C=O) groups excluding carboxylic acids is 1. The fourth-order valence-corrected chi connectivity index (χ4v) is 4.06. The van der Waals surface area contributed by atoms with Gasteiger partial charge in [-0.1, -0.05) is 24.0 Å². The van der Waals surface area contributed by atoms with E-state index in [1.54, 1.807) is 12.1 Å². The molecule has 0 radical (unpaired) electrons. The molecule has 0 saturated carbocycles. The summed E-state index contributed by atoms with van der Waals surface area (Å²) in [6, 6.07) is 6.04. The molecule has 1 amide bonds. The van der Waals surface area contributed by atoms with Crippen molar-refractivity contribution in [1.82, 2.24) is 9.88 Å². The number of aromatic nitrogens is 1. The molecule has 3 heterocycles. The molecule has 0 atom stereocenters. The van der Waals surface area contributed by atoms with Crippen LogP contribution < -0.4 is 5.14 Å². The minimum Gasteiger partial charge on any atom is -0.481 e. The van der Waals surface area contributed by atoms with Crippen LogP contribution in [0.2, 0.25) is 0 Å². The number of aliphatic carboxylic acids is 1. The molecule has 1 fully saturated rings. The molecule has 146 valence electrons. The number of hydrogen-bond donors (Lipinski definition) is 2. The Morgan fingerprint density at radius 1 is 1.36 bits per heavy atom. The van der Waals surface area contributed by atoms with Gasteiger partial charge in [0.15, 0.2) is 5.03 Å². The number of carboxylic acid groups (broad SMARTS) is 1. The zero-order valence-corrected chi connectivity index (χ0v) is 16.5. The minimum absolute atomic E-state index is 0.00279. The van der Waals surface area contributed by atoms with Gasteiger partial charge in [-0.15, -0.1) is 0 Å². The normalized spacial score (nSPS) is 16.2. The largest absolute Gasteiger partial charge is 0.481 e. The molecule has 1 aliphatic heterocycles. The van der Waals surface area contributed by atoms with Gasteiger partial charge in [0.1, 0.15) is 15.8 Å². The Morgan fingerprint density at radius 2 is 2.11 bits per heavy atom. The van der Waals surface area contributed by atoms with E-state index >= 15 is 0 Å². The molecule has 0 aliphatic carbocycles. The Labute approximate surface area is 169 Å². The second-order valence-electron chi connectivity index (χ2n) is 5.61. The monoisotopic (exact) mass is 439 g/mol. The number of rotatable bonds is 6. The van der Waals surface area contributed by atoms with E-state index in [1.807, 2.05) is 0 Å². The number of hydrogen-bond acceptors (Lipinski definition) is 8. The van der Waals surface area contributed by atoms with Crippen LogP contribution in [0.5, 0.6) is 0 Å². The summed E-state index contributed by atoms with van der Waals surface area (Å²) >= 11 is 6.18. The van der Waals surface area contributed by atoms with E-state index in [2.05, 4.69) is 4.98 Å². The Morgan fingerprint density at radius 3 is 2.71 bits per heavy atom. The maximum absolute atomic E-state index is 12.4. The fourth-order valence-electron chi connectivity index (χ4n) is 2.31. The molecule has 1 aliphatic rings. The van der Waals surface area contributed by atoms with E-state index in [0.717, 1.165) is 11.8 Å². The van der Waals surface area contributed by atoms with Crippen molar-refractivity contribution in [3.05, 3.63) is 41.1 Å². The number of thioether (sulfide) groups is 1. The van der Waals surface area contributed by atoms with Crippen LogP contribution >= 0.6 is 24.0 Å². The molecule has 0 bridgehead atoms. The van der Waals surface area contributed by atoms with E-state index in [0.29, 0.717) is 22.0 Å². The summed E-state index contributed by atoms with van der Waals surface area (Å²) in [5.74, 6) is -0.602. The standard InChI is InChI=1S/C16H13N3O6S3/c17-28(23,24)13-4-1-9(8-18-13)11-3-2-10(25-11)7-12-15(22)19(16(26)27-12)6-5-14(20)21/h1-4,7-8H,5-6H2,(H,20,21)(H2,17,23,24). The first kappa shape index (κ1) is 20.2. The number of nitrogens with zero attached hydrogens (tertiary/aromatic N) is 2. The molecule has 2 aromatic rings. The van der Waals surface area contributed by atoms with Gasteiger partial charge in [-0.05, 0) is 24.3 Å². The molecule has 2 aromatic heterocycles. The highest BCUT2D eigenvalue weighted by atomic mass is 32.2. The van der Waals surface area contributed by atoms with Crippen molar-refractivity contribution in [3.8, 4) is 11.3 Å². The highest BCUT2D eigenvalue weighted by Crippen LogP contribution is 2.33. The minimum atomic E-state index is -3.88. The van der Waals surface area contributed by atoms with Crippen LogP contribution in [0.4, 0.5) is 0 Å². The number of pyridine rings is 1. The highest BCUT2D eigenvalue weighted by Gasteiger charge is 2.32. The molecular formula is C16H13N3O6S3. The maximum atomic E-state index is 12.4. The van der Waals surface area contributed by atoms with Crippen molar-refractivity contribution in [2.24, 2.45) is 5.14 Å². The number of furan rings is 1. The zero-order valence-electron chi connectivity index (χ0n) is 14.1. The summed E-state index contributed by atoms with van der Waals surface area (Å²) in [5.41, 5.74) is 0.529. The third kappa shape index (κ3) is 4.47. The lowest BCUT2D eigenvalue weighted by Gasteiger charge is -2.12. The summed E-state index contributed by atoms with van der Waals surface area (Å²) in [7, 11) is -3.88. The molecule has 3 rings (SSSR count). The highest BCUT2D eigenvalue weighted by molar-refractivity contribution is 8.26. The predicted molar refractivity (Wildman–Crippen MR) is 105 cm³/mol. The van der Waals surface area contributed by atoms with E-state index in [-0.39, 0.29) is 28.2 Å². The lowest BCUT2D eigenvalue weighted by molar-refractivity contribution is -0.137. The number of sulfonamides is 1. The Bertz CT molecular complexity index is 1090. The van der Waals surface area contributed by atoms with Crippen LogP contribution in [0.1, 0.15) is 12.2 Å². The third-order valence-electron chi connectivity index (χ3n) is 3.64. The average Bonchev–Trinajstić information content (AvgIpc) is 3.18. The molecule has 12 heteroatoms. The molecular weight excluding hydrogens is 426 g/mol. The molecule has 0 unspecified atom stereocenters. The first-order valence-corrected chi connectivity index (χ1v) is 10.5. The van der Waals surface area contributed by atoms with Crippen LogP contribution in [0.15, 0.2) is 44.8 Å². The van der Waals surface area contributed by atoms with Gasteiger partial charge in [0, 0.05) is 24.4 Å². The zero-order chi connectivity index (χ0) is 20.5. The fraction of sp³-hybridized carbons (Fsp3) is 0.125. The molecule has 28 heavy (non-hydrogen) atoms. The average molecular weight is 439 g/mol. The van der Waals surface area contributed by atoms with Gasteiger partial charge >= 0.3 is 5.97 Å². The van der Waals surface area contributed by atoms with Gasteiger partial charge in [-0.3, -0.25) is 14.5 Å². The van der Waals surface area contributed by atoms with Crippen molar-refractivity contribution >= 4 is 56.3 Å².